The number of fused-ring (bicyclic) bond motifs is 2. The number of nitrogens with one attached hydrogen (secondary N) is 1. The number of nitrogens with zero attached hydrogens (tertiary/aromatic N) is 4. The summed E-state index contributed by atoms with van der Waals surface area (Å²) in [6.45, 7) is 1.24. The van der Waals surface area contributed by atoms with Crippen LogP contribution in [0.15, 0.2) is 64.1 Å². The van der Waals surface area contributed by atoms with Gasteiger partial charge in [-0.1, -0.05) is 24.3 Å². The molecule has 1 fully saturated rings. The van der Waals surface area contributed by atoms with Gasteiger partial charge in [0, 0.05) is 13.1 Å². The molecule has 0 bridgehead atoms. The van der Waals surface area contributed by atoms with Gasteiger partial charge in [-0.15, -0.1) is 0 Å². The SMILES string of the molecule is O=C(Cn1cnc2ccccc2c1=O)NCC1CCCN1c1nc2ccccc2o1. The molecule has 1 unspecified atom stereocenters. The minimum Gasteiger partial charge on any atom is -0.423 e. The molecule has 2 aromatic heterocycles. The zero-order valence-electron chi connectivity index (χ0n) is 16.3. The summed E-state index contributed by atoms with van der Waals surface area (Å²) in [4.78, 5) is 36.0. The molecular formula is C22H21N5O3. The monoisotopic (exact) mass is 403 g/mol. The lowest BCUT2D eigenvalue weighted by Crippen LogP contribution is -2.42. The third-order valence-electron chi connectivity index (χ3n) is 5.49. The van der Waals surface area contributed by atoms with Gasteiger partial charge in [0.2, 0.25) is 5.91 Å². The molecule has 0 radical (unpaired) electrons. The summed E-state index contributed by atoms with van der Waals surface area (Å²) in [5, 5.41) is 3.45. The molecule has 1 N–H and O–H groups in total. The molecule has 8 heteroatoms. The average Bonchev–Trinajstić information content (AvgIpc) is 3.41. The third kappa shape index (κ3) is 3.41. The normalized spacial score (nSPS) is 16.4. The lowest BCUT2D eigenvalue weighted by Gasteiger charge is -2.23. The van der Waals surface area contributed by atoms with Gasteiger partial charge in [0.25, 0.3) is 11.6 Å². The minimum absolute atomic E-state index is 0.0632. The Labute approximate surface area is 172 Å². The van der Waals surface area contributed by atoms with Crippen molar-refractivity contribution in [2.75, 3.05) is 18.0 Å². The fraction of sp³-hybridized carbons (Fsp3) is 0.273. The van der Waals surface area contributed by atoms with Gasteiger partial charge >= 0.3 is 0 Å². The Morgan fingerprint density at radius 1 is 1.13 bits per heavy atom. The molecule has 30 heavy (non-hydrogen) atoms. The number of carbonyl (C=O) groups excluding carboxylic acids is 1. The Balaban J connectivity index is 1.26. The number of para-hydroxylation sites is 3. The van der Waals surface area contributed by atoms with E-state index in [1.165, 1.54) is 10.9 Å². The van der Waals surface area contributed by atoms with Crippen LogP contribution in [-0.4, -0.2) is 39.6 Å². The van der Waals surface area contributed by atoms with Crippen molar-refractivity contribution in [3.63, 3.8) is 0 Å². The van der Waals surface area contributed by atoms with Crippen LogP contribution in [0.3, 0.4) is 0 Å². The fourth-order valence-corrected chi connectivity index (χ4v) is 3.94. The van der Waals surface area contributed by atoms with Gasteiger partial charge in [-0.25, -0.2) is 4.98 Å². The first-order chi connectivity index (χ1) is 14.7. The summed E-state index contributed by atoms with van der Waals surface area (Å²) in [7, 11) is 0. The molecule has 5 rings (SSSR count). The molecule has 4 aromatic rings. The fourth-order valence-electron chi connectivity index (χ4n) is 3.94. The molecular weight excluding hydrogens is 382 g/mol. The van der Waals surface area contributed by atoms with Crippen molar-refractivity contribution < 1.29 is 9.21 Å². The summed E-state index contributed by atoms with van der Waals surface area (Å²) in [5.41, 5.74) is 1.99. The van der Waals surface area contributed by atoms with Crippen molar-refractivity contribution in [3.8, 4) is 0 Å². The summed E-state index contributed by atoms with van der Waals surface area (Å²) in [6.07, 6.45) is 3.37. The first-order valence-corrected chi connectivity index (χ1v) is 10.0. The quantitative estimate of drug-likeness (QED) is 0.550. The standard InChI is InChI=1S/C22H21N5O3/c28-20(13-26-14-24-17-8-2-1-7-16(17)21(26)29)23-12-15-6-5-11-27(15)22-25-18-9-3-4-10-19(18)30-22/h1-4,7-10,14-15H,5-6,11-13H2,(H,23,28). The Bertz CT molecular complexity index is 1250. The van der Waals surface area contributed by atoms with E-state index in [0.717, 1.165) is 30.5 Å². The van der Waals surface area contributed by atoms with Gasteiger partial charge in [0.1, 0.15) is 12.1 Å². The van der Waals surface area contributed by atoms with Crippen LogP contribution in [0, 0.1) is 0 Å². The third-order valence-corrected chi connectivity index (χ3v) is 5.49. The van der Waals surface area contributed by atoms with Gasteiger partial charge in [0.05, 0.1) is 23.3 Å². The van der Waals surface area contributed by atoms with E-state index < -0.39 is 0 Å². The maximum absolute atomic E-state index is 12.6. The molecule has 0 aliphatic carbocycles. The molecule has 0 saturated carbocycles. The number of hydrogen-bond donors (Lipinski definition) is 1. The minimum atomic E-state index is -0.224. The van der Waals surface area contributed by atoms with Gasteiger partial charge in [-0.2, -0.15) is 4.98 Å². The van der Waals surface area contributed by atoms with E-state index in [4.69, 9.17) is 4.42 Å². The Kier molecular flexibility index (Phi) is 4.66. The lowest BCUT2D eigenvalue weighted by atomic mass is 10.2. The molecule has 1 aliphatic heterocycles. The molecule has 3 heterocycles. The second-order valence-electron chi connectivity index (χ2n) is 7.45. The molecule has 8 nitrogen and oxygen atoms in total. The van der Waals surface area contributed by atoms with E-state index in [9.17, 15) is 9.59 Å². The highest BCUT2D eigenvalue weighted by molar-refractivity contribution is 5.79. The van der Waals surface area contributed by atoms with Crippen LogP contribution in [0.1, 0.15) is 12.8 Å². The largest absolute Gasteiger partial charge is 0.423 e. The van der Waals surface area contributed by atoms with Crippen molar-refractivity contribution >= 4 is 33.9 Å². The maximum atomic E-state index is 12.6. The summed E-state index contributed by atoms with van der Waals surface area (Å²) >= 11 is 0. The summed E-state index contributed by atoms with van der Waals surface area (Å²) < 4.78 is 7.23. The summed E-state index contributed by atoms with van der Waals surface area (Å²) in [6, 6.07) is 15.5. The van der Waals surface area contributed by atoms with Crippen LogP contribution in [-0.2, 0) is 11.3 Å². The van der Waals surface area contributed by atoms with Gasteiger partial charge in [-0.3, -0.25) is 14.2 Å². The second kappa shape index (κ2) is 7.62. The number of rotatable bonds is 5. The number of amides is 1. The predicted octanol–water partition coefficient (Wildman–Crippen LogP) is 2.32. The number of hydrogen-bond acceptors (Lipinski definition) is 6. The Morgan fingerprint density at radius 2 is 1.93 bits per heavy atom. The van der Waals surface area contributed by atoms with E-state index in [-0.39, 0.29) is 24.1 Å². The molecule has 152 valence electrons. The molecule has 1 atom stereocenters. The first kappa shape index (κ1) is 18.4. The van der Waals surface area contributed by atoms with E-state index in [2.05, 4.69) is 20.2 Å². The van der Waals surface area contributed by atoms with Crippen molar-refractivity contribution in [1.82, 2.24) is 19.9 Å². The zero-order valence-corrected chi connectivity index (χ0v) is 16.3. The molecule has 2 aromatic carbocycles. The molecule has 1 saturated heterocycles. The average molecular weight is 403 g/mol. The van der Waals surface area contributed by atoms with E-state index >= 15 is 0 Å². The highest BCUT2D eigenvalue weighted by Crippen LogP contribution is 2.27. The van der Waals surface area contributed by atoms with E-state index in [0.29, 0.717) is 23.5 Å². The second-order valence-corrected chi connectivity index (χ2v) is 7.45. The van der Waals surface area contributed by atoms with Crippen LogP contribution in [0.25, 0.3) is 22.0 Å². The number of anilines is 1. The maximum Gasteiger partial charge on any atom is 0.298 e. The highest BCUT2D eigenvalue weighted by atomic mass is 16.4. The Morgan fingerprint density at radius 3 is 2.80 bits per heavy atom. The van der Waals surface area contributed by atoms with Crippen LogP contribution in [0.4, 0.5) is 6.01 Å². The van der Waals surface area contributed by atoms with E-state index in [1.54, 1.807) is 18.2 Å². The Hall–Kier alpha value is -3.68. The van der Waals surface area contributed by atoms with Crippen LogP contribution in [0.5, 0.6) is 0 Å². The summed E-state index contributed by atoms with van der Waals surface area (Å²) in [5.74, 6) is -0.224. The molecule has 0 spiro atoms. The van der Waals surface area contributed by atoms with E-state index in [1.807, 2.05) is 30.3 Å². The van der Waals surface area contributed by atoms with Gasteiger partial charge in [-0.05, 0) is 37.1 Å². The number of aromatic nitrogens is 3. The molecule has 1 amide bonds. The van der Waals surface area contributed by atoms with Gasteiger partial charge < -0.3 is 14.6 Å². The van der Waals surface area contributed by atoms with Crippen molar-refractivity contribution in [2.24, 2.45) is 0 Å². The zero-order chi connectivity index (χ0) is 20.5. The van der Waals surface area contributed by atoms with Crippen molar-refractivity contribution in [1.29, 1.82) is 0 Å². The lowest BCUT2D eigenvalue weighted by molar-refractivity contribution is -0.121. The van der Waals surface area contributed by atoms with Crippen LogP contribution in [0.2, 0.25) is 0 Å². The van der Waals surface area contributed by atoms with Crippen molar-refractivity contribution in [2.45, 2.75) is 25.4 Å². The van der Waals surface area contributed by atoms with Gasteiger partial charge in [0.15, 0.2) is 5.58 Å². The van der Waals surface area contributed by atoms with Crippen molar-refractivity contribution in [3.05, 3.63) is 65.2 Å². The topological polar surface area (TPSA) is 93.3 Å². The highest BCUT2D eigenvalue weighted by Gasteiger charge is 2.28. The predicted molar refractivity (Wildman–Crippen MR) is 113 cm³/mol. The smallest absolute Gasteiger partial charge is 0.298 e. The first-order valence-electron chi connectivity index (χ1n) is 10.0. The number of oxazole rings is 1. The van der Waals surface area contributed by atoms with Crippen LogP contribution >= 0.6 is 0 Å². The molecule has 1 aliphatic rings. The number of carbonyl (C=O) groups is 1. The number of benzene rings is 2. The van der Waals surface area contributed by atoms with Crippen LogP contribution < -0.4 is 15.8 Å².